The molecule has 146 valence electrons. The maximum Gasteiger partial charge on any atom is 0.227 e. The Morgan fingerprint density at radius 2 is 2.00 bits per heavy atom. The fourth-order valence-electron chi connectivity index (χ4n) is 4.09. The van der Waals surface area contributed by atoms with Gasteiger partial charge in [0.25, 0.3) is 0 Å². The lowest BCUT2D eigenvalue weighted by molar-refractivity contribution is -0.132. The highest BCUT2D eigenvalue weighted by Gasteiger charge is 2.26. The topological polar surface area (TPSA) is 54.8 Å². The number of fused-ring (bicyclic) bond motifs is 2. The van der Waals surface area contributed by atoms with Crippen molar-refractivity contribution in [3.8, 4) is 0 Å². The van der Waals surface area contributed by atoms with Gasteiger partial charge in [-0.05, 0) is 61.1 Å². The van der Waals surface area contributed by atoms with Crippen molar-refractivity contribution in [2.75, 3.05) is 20.3 Å². The number of pyridine rings is 1. The molecule has 0 radical (unpaired) electrons. The second kappa shape index (κ2) is 8.23. The highest BCUT2D eigenvalue weighted by molar-refractivity contribution is 6.15. The first kappa shape index (κ1) is 18.8. The summed E-state index contributed by atoms with van der Waals surface area (Å²) < 4.78 is 5.10. The first-order valence-corrected chi connectivity index (χ1v) is 10.0. The molecular formula is C23H27N3O2. The molecule has 4 rings (SSSR count). The Morgan fingerprint density at radius 3 is 2.82 bits per heavy atom. The highest BCUT2D eigenvalue weighted by atomic mass is 16.5. The summed E-state index contributed by atoms with van der Waals surface area (Å²) >= 11 is 0. The Bertz CT molecular complexity index is 920. The molecule has 0 bridgehead atoms. The molecule has 0 fully saturated rings. The number of ether oxygens (including phenoxy) is 1. The Labute approximate surface area is 166 Å². The van der Waals surface area contributed by atoms with Crippen LogP contribution in [0.25, 0.3) is 0 Å². The molecule has 28 heavy (non-hydrogen) atoms. The van der Waals surface area contributed by atoms with E-state index in [0.29, 0.717) is 19.5 Å². The number of methoxy groups -OCH3 is 1. The second-order valence-electron chi connectivity index (χ2n) is 7.67. The van der Waals surface area contributed by atoms with Crippen LogP contribution in [-0.2, 0) is 29.0 Å². The largest absolute Gasteiger partial charge is 0.385 e. The molecule has 2 aliphatic rings. The van der Waals surface area contributed by atoms with Crippen LogP contribution in [0, 0.1) is 6.92 Å². The molecule has 1 aromatic carbocycles. The third-order valence-electron chi connectivity index (χ3n) is 5.59. The van der Waals surface area contributed by atoms with Crippen LogP contribution in [0.15, 0.2) is 35.5 Å². The predicted molar refractivity (Wildman–Crippen MR) is 110 cm³/mol. The van der Waals surface area contributed by atoms with E-state index in [1.54, 1.807) is 7.11 Å². The van der Waals surface area contributed by atoms with Gasteiger partial charge in [0.15, 0.2) is 0 Å². The third kappa shape index (κ3) is 3.85. The Morgan fingerprint density at radius 1 is 1.11 bits per heavy atom. The second-order valence-corrected chi connectivity index (χ2v) is 7.67. The minimum Gasteiger partial charge on any atom is -0.385 e. The highest BCUT2D eigenvalue weighted by Crippen LogP contribution is 2.30. The van der Waals surface area contributed by atoms with Crippen LogP contribution in [-0.4, -0.2) is 41.8 Å². The number of benzene rings is 1. The molecule has 3 heterocycles. The number of unbranched alkanes of at least 4 members (excludes halogenated alkanes) is 2. The van der Waals surface area contributed by atoms with E-state index < -0.39 is 0 Å². The van der Waals surface area contributed by atoms with E-state index in [2.05, 4.69) is 23.2 Å². The van der Waals surface area contributed by atoms with Crippen LogP contribution in [0.2, 0.25) is 0 Å². The van der Waals surface area contributed by atoms with Crippen molar-refractivity contribution in [3.05, 3.63) is 64.0 Å². The van der Waals surface area contributed by atoms with Crippen LogP contribution < -0.4 is 0 Å². The molecule has 1 amide bonds. The molecule has 0 spiro atoms. The SMILES string of the molecule is COCCCCCN1Cc2cc3c(cc2CC1=O)CN=C3c1ccnc(C)c1. The average molecular weight is 377 g/mol. The van der Waals surface area contributed by atoms with Crippen molar-refractivity contribution in [1.29, 1.82) is 0 Å². The van der Waals surface area contributed by atoms with Gasteiger partial charge in [-0.3, -0.25) is 14.8 Å². The molecule has 1 aromatic heterocycles. The summed E-state index contributed by atoms with van der Waals surface area (Å²) in [6, 6.07) is 8.57. The molecule has 5 heteroatoms. The molecule has 0 unspecified atom stereocenters. The summed E-state index contributed by atoms with van der Waals surface area (Å²) in [5.41, 5.74) is 8.02. The van der Waals surface area contributed by atoms with Gasteiger partial charge in [0.05, 0.1) is 18.7 Å². The molecule has 0 atom stereocenters. The standard InChI is InChI=1S/C23H27N3O2/c1-16-10-17(6-7-24-16)23-21-12-20-15-26(8-4-3-5-9-28-2)22(27)13-18(20)11-19(21)14-25-23/h6-7,10-12H,3-5,8-9,13-15H2,1-2H3. The number of carbonyl (C=O) groups is 1. The van der Waals surface area contributed by atoms with Gasteiger partial charge >= 0.3 is 0 Å². The predicted octanol–water partition coefficient (Wildman–Crippen LogP) is 3.44. The molecule has 2 aromatic rings. The van der Waals surface area contributed by atoms with E-state index in [4.69, 9.17) is 9.73 Å². The quantitative estimate of drug-likeness (QED) is 0.695. The van der Waals surface area contributed by atoms with Gasteiger partial charge in [0, 0.05) is 49.8 Å². The maximum absolute atomic E-state index is 12.6. The number of hydrogen-bond donors (Lipinski definition) is 0. The Hall–Kier alpha value is -2.53. The van der Waals surface area contributed by atoms with Gasteiger partial charge in [0.2, 0.25) is 5.91 Å². The Kier molecular flexibility index (Phi) is 5.53. The molecular weight excluding hydrogens is 350 g/mol. The minimum atomic E-state index is 0.239. The number of aliphatic imine (C=N–C) groups is 1. The normalized spacial score (nSPS) is 15.4. The maximum atomic E-state index is 12.6. The average Bonchev–Trinajstić information content (AvgIpc) is 3.09. The van der Waals surface area contributed by atoms with Crippen molar-refractivity contribution in [2.24, 2.45) is 4.99 Å². The number of hydrogen-bond acceptors (Lipinski definition) is 4. The number of carbonyl (C=O) groups excluding carboxylic acids is 1. The molecule has 2 aliphatic heterocycles. The van der Waals surface area contributed by atoms with Gasteiger partial charge < -0.3 is 9.64 Å². The lowest BCUT2D eigenvalue weighted by Gasteiger charge is -2.29. The van der Waals surface area contributed by atoms with Crippen molar-refractivity contribution in [1.82, 2.24) is 9.88 Å². The summed E-state index contributed by atoms with van der Waals surface area (Å²) in [5.74, 6) is 0.239. The number of aryl methyl sites for hydroxylation is 1. The zero-order valence-corrected chi connectivity index (χ0v) is 16.7. The number of nitrogens with zero attached hydrogens (tertiary/aromatic N) is 3. The summed E-state index contributed by atoms with van der Waals surface area (Å²) in [7, 11) is 1.73. The number of rotatable bonds is 7. The number of amides is 1. The molecule has 0 saturated carbocycles. The summed E-state index contributed by atoms with van der Waals surface area (Å²) in [6.07, 6.45) is 5.51. The monoisotopic (exact) mass is 377 g/mol. The molecule has 5 nitrogen and oxygen atoms in total. The summed E-state index contributed by atoms with van der Waals surface area (Å²) in [4.78, 5) is 23.6. The van der Waals surface area contributed by atoms with Gasteiger partial charge in [0.1, 0.15) is 0 Å². The summed E-state index contributed by atoms with van der Waals surface area (Å²) in [5, 5.41) is 0. The van der Waals surface area contributed by atoms with Crippen LogP contribution in [0.5, 0.6) is 0 Å². The van der Waals surface area contributed by atoms with E-state index in [9.17, 15) is 4.79 Å². The molecule has 0 aliphatic carbocycles. The van der Waals surface area contributed by atoms with Gasteiger partial charge in [-0.1, -0.05) is 6.07 Å². The van der Waals surface area contributed by atoms with Crippen molar-refractivity contribution in [3.63, 3.8) is 0 Å². The van der Waals surface area contributed by atoms with Crippen molar-refractivity contribution < 1.29 is 9.53 Å². The van der Waals surface area contributed by atoms with Crippen LogP contribution in [0.3, 0.4) is 0 Å². The van der Waals surface area contributed by atoms with Crippen LogP contribution in [0.1, 0.15) is 52.8 Å². The lowest BCUT2D eigenvalue weighted by Crippen LogP contribution is -2.37. The van der Waals surface area contributed by atoms with Crippen LogP contribution >= 0.6 is 0 Å². The van der Waals surface area contributed by atoms with Gasteiger partial charge in [-0.15, -0.1) is 0 Å². The minimum absolute atomic E-state index is 0.239. The summed E-state index contributed by atoms with van der Waals surface area (Å²) in [6.45, 7) is 5.01. The van der Waals surface area contributed by atoms with E-state index in [1.807, 2.05) is 24.1 Å². The van der Waals surface area contributed by atoms with Gasteiger partial charge in [-0.2, -0.15) is 0 Å². The van der Waals surface area contributed by atoms with E-state index in [0.717, 1.165) is 49.4 Å². The zero-order valence-electron chi connectivity index (χ0n) is 16.7. The van der Waals surface area contributed by atoms with Crippen molar-refractivity contribution >= 4 is 11.6 Å². The smallest absolute Gasteiger partial charge is 0.227 e. The first-order chi connectivity index (χ1) is 13.7. The number of aromatic nitrogens is 1. The van der Waals surface area contributed by atoms with E-state index >= 15 is 0 Å². The first-order valence-electron chi connectivity index (χ1n) is 10.0. The van der Waals surface area contributed by atoms with Crippen LogP contribution in [0.4, 0.5) is 0 Å². The van der Waals surface area contributed by atoms with E-state index in [1.165, 1.54) is 22.3 Å². The third-order valence-corrected chi connectivity index (χ3v) is 5.59. The zero-order chi connectivity index (χ0) is 19.5. The fourth-order valence-corrected chi connectivity index (χ4v) is 4.09. The Balaban J connectivity index is 1.52. The fraction of sp³-hybridized carbons (Fsp3) is 0.435. The van der Waals surface area contributed by atoms with E-state index in [-0.39, 0.29) is 5.91 Å². The molecule has 0 saturated heterocycles. The van der Waals surface area contributed by atoms with Crippen molar-refractivity contribution in [2.45, 2.75) is 45.7 Å². The lowest BCUT2D eigenvalue weighted by atomic mass is 9.91. The molecule has 0 N–H and O–H groups in total. The van der Waals surface area contributed by atoms with Gasteiger partial charge in [-0.25, -0.2) is 0 Å².